The number of aromatic nitrogens is 2. The molecule has 2 aromatic carbocycles. The van der Waals surface area contributed by atoms with Crippen molar-refractivity contribution < 1.29 is 9.59 Å². The van der Waals surface area contributed by atoms with Crippen molar-refractivity contribution in [2.45, 2.75) is 13.0 Å². The van der Waals surface area contributed by atoms with Gasteiger partial charge in [-0.1, -0.05) is 41.4 Å². The van der Waals surface area contributed by atoms with Crippen LogP contribution in [0.5, 0.6) is 0 Å². The number of rotatable bonds is 7. The Balaban J connectivity index is 1.45. The number of anilines is 1. The number of aryl methyl sites for hydroxylation is 1. The Morgan fingerprint density at radius 1 is 1.10 bits per heavy atom. The van der Waals surface area contributed by atoms with Crippen LogP contribution in [0.25, 0.3) is 10.1 Å². The van der Waals surface area contributed by atoms with Crippen molar-refractivity contribution in [1.29, 1.82) is 0 Å². The molecule has 0 aliphatic carbocycles. The van der Waals surface area contributed by atoms with Gasteiger partial charge in [-0.2, -0.15) is 0 Å². The molecule has 0 aliphatic rings. The van der Waals surface area contributed by atoms with Crippen LogP contribution in [-0.2, 0) is 6.54 Å². The van der Waals surface area contributed by atoms with Crippen molar-refractivity contribution in [3.8, 4) is 0 Å². The average molecular weight is 473 g/mol. The quantitative estimate of drug-likeness (QED) is 0.349. The lowest BCUT2D eigenvalue weighted by atomic mass is 10.1. The molecule has 0 saturated heterocycles. The van der Waals surface area contributed by atoms with Crippen molar-refractivity contribution >= 4 is 62.1 Å². The van der Waals surface area contributed by atoms with Crippen molar-refractivity contribution in [2.75, 3.05) is 11.9 Å². The van der Waals surface area contributed by atoms with Gasteiger partial charge in [-0.15, -0.1) is 11.3 Å². The van der Waals surface area contributed by atoms with Gasteiger partial charge in [-0.3, -0.25) is 9.59 Å². The van der Waals surface area contributed by atoms with E-state index in [1.807, 2.05) is 10.8 Å². The van der Waals surface area contributed by atoms with Crippen molar-refractivity contribution in [2.24, 2.45) is 0 Å². The smallest absolute Gasteiger partial charge is 0.267 e. The first-order valence-corrected chi connectivity index (χ1v) is 11.1. The maximum Gasteiger partial charge on any atom is 0.267 e. The molecule has 2 heterocycles. The van der Waals surface area contributed by atoms with E-state index in [-0.39, 0.29) is 11.8 Å². The number of nitrogens with one attached hydrogen (secondary N) is 2. The number of hydrogen-bond donors (Lipinski definition) is 2. The van der Waals surface area contributed by atoms with E-state index in [4.69, 9.17) is 23.2 Å². The standard InChI is InChI=1S/C22H18Cl2N4O2S/c23-14-6-7-16-18(12-14)31-20(19(16)24)22(30)27-17-5-2-1-4-15(17)21(29)26-8-3-10-28-11-9-25-13-28/h1-2,4-7,9,11-13H,3,8,10H2,(H,26,29)(H,27,30). The highest BCUT2D eigenvalue weighted by atomic mass is 35.5. The topological polar surface area (TPSA) is 76.0 Å². The molecule has 0 aliphatic heterocycles. The second-order valence-corrected chi connectivity index (χ2v) is 8.66. The van der Waals surface area contributed by atoms with E-state index in [9.17, 15) is 9.59 Å². The van der Waals surface area contributed by atoms with E-state index in [2.05, 4.69) is 15.6 Å². The Morgan fingerprint density at radius 2 is 1.94 bits per heavy atom. The number of amides is 2. The van der Waals surface area contributed by atoms with Crippen LogP contribution in [0.15, 0.2) is 61.2 Å². The molecule has 2 aromatic heterocycles. The normalized spacial score (nSPS) is 10.9. The molecule has 2 N–H and O–H groups in total. The summed E-state index contributed by atoms with van der Waals surface area (Å²) in [4.78, 5) is 29.9. The molecule has 158 valence electrons. The molecular formula is C22H18Cl2N4O2S. The molecule has 9 heteroatoms. The van der Waals surface area contributed by atoms with E-state index in [0.717, 1.165) is 23.1 Å². The first kappa shape index (κ1) is 21.4. The van der Waals surface area contributed by atoms with Gasteiger partial charge in [0.15, 0.2) is 0 Å². The minimum absolute atomic E-state index is 0.254. The number of fused-ring (bicyclic) bond motifs is 1. The largest absolute Gasteiger partial charge is 0.352 e. The van der Waals surface area contributed by atoms with Crippen LogP contribution >= 0.6 is 34.5 Å². The second kappa shape index (κ2) is 9.51. The Kier molecular flexibility index (Phi) is 6.56. The van der Waals surface area contributed by atoms with Gasteiger partial charge < -0.3 is 15.2 Å². The number of hydrogen-bond acceptors (Lipinski definition) is 4. The lowest BCUT2D eigenvalue weighted by Crippen LogP contribution is -2.26. The summed E-state index contributed by atoms with van der Waals surface area (Å²) >= 11 is 13.7. The Morgan fingerprint density at radius 3 is 2.74 bits per heavy atom. The van der Waals surface area contributed by atoms with Crippen LogP contribution in [0.3, 0.4) is 0 Å². The molecule has 0 radical (unpaired) electrons. The van der Waals surface area contributed by atoms with E-state index in [1.165, 1.54) is 11.3 Å². The molecule has 0 saturated carbocycles. The first-order chi connectivity index (χ1) is 15.0. The van der Waals surface area contributed by atoms with Gasteiger partial charge in [0.25, 0.3) is 11.8 Å². The Hall–Kier alpha value is -2.87. The number of benzene rings is 2. The molecule has 0 unspecified atom stereocenters. The third-order valence-electron chi connectivity index (χ3n) is 4.66. The highest BCUT2D eigenvalue weighted by molar-refractivity contribution is 7.21. The average Bonchev–Trinajstić information content (AvgIpc) is 3.39. The predicted octanol–water partition coefficient (Wildman–Crippen LogP) is 5.48. The van der Waals surface area contributed by atoms with Crippen molar-refractivity contribution in [3.63, 3.8) is 0 Å². The highest BCUT2D eigenvalue weighted by Crippen LogP contribution is 2.37. The summed E-state index contributed by atoms with van der Waals surface area (Å²) < 4.78 is 2.77. The van der Waals surface area contributed by atoms with Gasteiger partial charge in [0, 0.05) is 40.6 Å². The lowest BCUT2D eigenvalue weighted by Gasteiger charge is -2.11. The highest BCUT2D eigenvalue weighted by Gasteiger charge is 2.19. The number of nitrogens with zero attached hydrogens (tertiary/aromatic N) is 2. The summed E-state index contributed by atoms with van der Waals surface area (Å²) in [6, 6.07) is 12.2. The fourth-order valence-corrected chi connectivity index (χ4v) is 4.82. The molecular weight excluding hydrogens is 455 g/mol. The molecule has 0 bridgehead atoms. The second-order valence-electron chi connectivity index (χ2n) is 6.80. The number of carbonyl (C=O) groups excluding carboxylic acids is 2. The molecule has 6 nitrogen and oxygen atoms in total. The zero-order valence-corrected chi connectivity index (χ0v) is 18.6. The number of imidazole rings is 1. The van der Waals surface area contributed by atoms with Crippen LogP contribution in [0, 0.1) is 0 Å². The van der Waals surface area contributed by atoms with E-state index in [1.54, 1.807) is 55.0 Å². The summed E-state index contributed by atoms with van der Waals surface area (Å²) in [6.07, 6.45) is 6.09. The fraction of sp³-hybridized carbons (Fsp3) is 0.136. The summed E-state index contributed by atoms with van der Waals surface area (Å²) in [5.41, 5.74) is 0.810. The minimum atomic E-state index is -0.373. The first-order valence-electron chi connectivity index (χ1n) is 9.55. The van der Waals surface area contributed by atoms with Crippen LogP contribution in [0.2, 0.25) is 10.0 Å². The molecule has 4 aromatic rings. The molecule has 2 amide bonds. The van der Waals surface area contributed by atoms with E-state index in [0.29, 0.717) is 32.7 Å². The van der Waals surface area contributed by atoms with Gasteiger partial charge in [0.2, 0.25) is 0 Å². The van der Waals surface area contributed by atoms with Gasteiger partial charge in [-0.05, 0) is 30.7 Å². The van der Waals surface area contributed by atoms with Crippen LogP contribution in [0.1, 0.15) is 26.5 Å². The molecule has 0 spiro atoms. The third-order valence-corrected chi connectivity index (χ3v) is 6.55. The van der Waals surface area contributed by atoms with Gasteiger partial charge in [0.1, 0.15) is 4.88 Å². The molecule has 0 atom stereocenters. The Bertz CT molecular complexity index is 1240. The predicted molar refractivity (Wildman–Crippen MR) is 125 cm³/mol. The zero-order chi connectivity index (χ0) is 21.8. The number of halogens is 2. The SMILES string of the molecule is O=C(NCCCn1ccnc1)c1ccccc1NC(=O)c1sc2cc(Cl)ccc2c1Cl. The maximum atomic E-state index is 12.9. The Labute approximate surface area is 192 Å². The summed E-state index contributed by atoms with van der Waals surface area (Å²) in [5.74, 6) is -0.626. The summed E-state index contributed by atoms with van der Waals surface area (Å²) in [6.45, 7) is 1.26. The van der Waals surface area contributed by atoms with Crippen LogP contribution in [0.4, 0.5) is 5.69 Å². The van der Waals surface area contributed by atoms with Gasteiger partial charge >= 0.3 is 0 Å². The molecule has 4 rings (SSSR count). The zero-order valence-electron chi connectivity index (χ0n) is 16.3. The number of thiophene rings is 1. The number of para-hydroxylation sites is 1. The monoisotopic (exact) mass is 472 g/mol. The summed E-state index contributed by atoms with van der Waals surface area (Å²) in [5, 5.41) is 7.43. The molecule has 31 heavy (non-hydrogen) atoms. The van der Waals surface area contributed by atoms with Gasteiger partial charge in [0.05, 0.1) is 22.6 Å². The molecule has 0 fully saturated rings. The third kappa shape index (κ3) is 4.90. The van der Waals surface area contributed by atoms with Crippen molar-refractivity contribution in [3.05, 3.63) is 81.7 Å². The summed E-state index contributed by atoms with van der Waals surface area (Å²) in [7, 11) is 0. The van der Waals surface area contributed by atoms with Gasteiger partial charge in [-0.25, -0.2) is 4.98 Å². The lowest BCUT2D eigenvalue weighted by molar-refractivity contribution is 0.0953. The van der Waals surface area contributed by atoms with Crippen molar-refractivity contribution in [1.82, 2.24) is 14.9 Å². The van der Waals surface area contributed by atoms with Crippen LogP contribution < -0.4 is 10.6 Å². The van der Waals surface area contributed by atoms with E-state index >= 15 is 0 Å². The maximum absolute atomic E-state index is 12.9. The number of carbonyl (C=O) groups is 2. The minimum Gasteiger partial charge on any atom is -0.352 e. The fourth-order valence-electron chi connectivity index (χ4n) is 3.13. The van der Waals surface area contributed by atoms with E-state index < -0.39 is 0 Å². The van der Waals surface area contributed by atoms with Crippen LogP contribution in [-0.4, -0.2) is 27.9 Å².